The SMILES string of the molecule is O=C(O)C(F)(F)SCCCO. The summed E-state index contributed by atoms with van der Waals surface area (Å²) in [6.07, 6.45) is 0.174. The van der Waals surface area contributed by atoms with Crippen molar-refractivity contribution in [2.75, 3.05) is 12.4 Å². The highest BCUT2D eigenvalue weighted by atomic mass is 32.2. The Kier molecular flexibility index (Phi) is 4.36. The first-order valence-corrected chi connectivity index (χ1v) is 3.85. The van der Waals surface area contributed by atoms with E-state index in [1.807, 2.05) is 0 Å². The van der Waals surface area contributed by atoms with Gasteiger partial charge in [-0.2, -0.15) is 8.78 Å². The molecule has 0 amide bonds. The highest BCUT2D eigenvalue weighted by molar-refractivity contribution is 8.01. The van der Waals surface area contributed by atoms with Gasteiger partial charge in [0.05, 0.1) is 0 Å². The molecule has 0 bridgehead atoms. The van der Waals surface area contributed by atoms with Crippen LogP contribution in [0.15, 0.2) is 0 Å². The Morgan fingerprint density at radius 1 is 1.55 bits per heavy atom. The number of carboxylic acids is 1. The summed E-state index contributed by atoms with van der Waals surface area (Å²) in [6.45, 7) is -0.206. The van der Waals surface area contributed by atoms with E-state index < -0.39 is 11.2 Å². The zero-order chi connectivity index (χ0) is 8.91. The van der Waals surface area contributed by atoms with Gasteiger partial charge in [0.15, 0.2) is 0 Å². The summed E-state index contributed by atoms with van der Waals surface area (Å²) < 4.78 is 24.3. The van der Waals surface area contributed by atoms with E-state index in [0.29, 0.717) is 0 Å². The van der Waals surface area contributed by atoms with Crippen LogP contribution in [-0.4, -0.2) is 33.8 Å². The molecule has 0 fully saturated rings. The topological polar surface area (TPSA) is 57.5 Å². The second kappa shape index (κ2) is 4.50. The van der Waals surface area contributed by atoms with E-state index in [-0.39, 0.29) is 30.5 Å². The van der Waals surface area contributed by atoms with Gasteiger partial charge in [-0.1, -0.05) is 11.8 Å². The van der Waals surface area contributed by atoms with Crippen LogP contribution in [0.4, 0.5) is 8.78 Å². The normalized spacial score (nSPS) is 11.5. The Bertz CT molecular complexity index is 140. The first-order chi connectivity index (χ1) is 5.00. The molecule has 0 rings (SSSR count). The molecule has 0 saturated heterocycles. The van der Waals surface area contributed by atoms with Gasteiger partial charge in [0, 0.05) is 12.4 Å². The molecule has 0 aliphatic rings. The first-order valence-electron chi connectivity index (χ1n) is 2.86. The van der Waals surface area contributed by atoms with Gasteiger partial charge in [-0.15, -0.1) is 0 Å². The van der Waals surface area contributed by atoms with Crippen LogP contribution in [0, 0.1) is 0 Å². The molecule has 0 radical (unpaired) electrons. The lowest BCUT2D eigenvalue weighted by molar-refractivity contribution is -0.152. The van der Waals surface area contributed by atoms with E-state index in [1.165, 1.54) is 0 Å². The van der Waals surface area contributed by atoms with Crippen molar-refractivity contribution in [1.82, 2.24) is 0 Å². The van der Waals surface area contributed by atoms with Crippen molar-refractivity contribution >= 4 is 17.7 Å². The molecule has 0 heterocycles. The average Bonchev–Trinajstić information content (AvgIpc) is 1.88. The fourth-order valence-electron chi connectivity index (χ4n) is 0.327. The van der Waals surface area contributed by atoms with Crippen LogP contribution in [0.5, 0.6) is 0 Å². The summed E-state index contributed by atoms with van der Waals surface area (Å²) >= 11 is 0.0185. The molecule has 66 valence electrons. The summed E-state index contributed by atoms with van der Waals surface area (Å²) in [5.41, 5.74) is 0. The molecule has 6 heteroatoms. The molecule has 11 heavy (non-hydrogen) atoms. The highest BCUT2D eigenvalue weighted by Gasteiger charge is 2.38. The number of halogens is 2. The third-order valence-electron chi connectivity index (χ3n) is 0.835. The number of alkyl halides is 2. The maximum atomic E-state index is 12.2. The molecule has 0 aliphatic carbocycles. The molecule has 0 spiro atoms. The number of rotatable bonds is 5. The van der Waals surface area contributed by atoms with Crippen molar-refractivity contribution in [3.05, 3.63) is 0 Å². The van der Waals surface area contributed by atoms with E-state index >= 15 is 0 Å². The Morgan fingerprint density at radius 3 is 2.45 bits per heavy atom. The van der Waals surface area contributed by atoms with Gasteiger partial charge < -0.3 is 10.2 Å². The van der Waals surface area contributed by atoms with Crippen molar-refractivity contribution in [3.8, 4) is 0 Å². The van der Waals surface area contributed by atoms with Gasteiger partial charge in [-0.05, 0) is 6.42 Å². The van der Waals surface area contributed by atoms with Gasteiger partial charge in [-0.3, -0.25) is 0 Å². The summed E-state index contributed by atoms with van der Waals surface area (Å²) in [5, 5.41) is 12.4. The molecule has 0 aromatic rings. The number of carbonyl (C=O) groups is 1. The van der Waals surface area contributed by atoms with Crippen molar-refractivity contribution in [2.24, 2.45) is 0 Å². The van der Waals surface area contributed by atoms with Crippen molar-refractivity contribution < 1.29 is 23.8 Å². The Labute approximate surface area is 66.4 Å². The lowest BCUT2D eigenvalue weighted by atomic mass is 10.5. The third-order valence-corrected chi connectivity index (χ3v) is 1.86. The average molecular weight is 186 g/mol. The van der Waals surface area contributed by atoms with E-state index in [0.717, 1.165) is 0 Å². The van der Waals surface area contributed by atoms with Crippen LogP contribution >= 0.6 is 11.8 Å². The minimum atomic E-state index is -3.73. The van der Waals surface area contributed by atoms with Crippen LogP contribution in [0.2, 0.25) is 0 Å². The fraction of sp³-hybridized carbons (Fsp3) is 0.800. The zero-order valence-corrected chi connectivity index (χ0v) is 6.40. The third kappa shape index (κ3) is 4.15. The molecule has 0 saturated carbocycles. The molecule has 0 aliphatic heterocycles. The molecular weight excluding hydrogens is 178 g/mol. The molecule has 3 nitrogen and oxygen atoms in total. The maximum Gasteiger partial charge on any atom is 0.388 e. The monoisotopic (exact) mass is 186 g/mol. The van der Waals surface area contributed by atoms with E-state index in [1.54, 1.807) is 0 Å². The summed E-state index contributed by atoms with van der Waals surface area (Å²) in [4.78, 5) is 9.78. The van der Waals surface area contributed by atoms with E-state index in [4.69, 9.17) is 10.2 Å². The Balaban J connectivity index is 3.64. The second-order valence-electron chi connectivity index (χ2n) is 1.75. The number of aliphatic carboxylic acids is 1. The Morgan fingerprint density at radius 2 is 2.09 bits per heavy atom. The number of aliphatic hydroxyl groups excluding tert-OH is 1. The van der Waals surface area contributed by atoms with E-state index in [2.05, 4.69) is 0 Å². The minimum Gasteiger partial charge on any atom is -0.476 e. The van der Waals surface area contributed by atoms with Gasteiger partial charge in [0.1, 0.15) is 0 Å². The van der Waals surface area contributed by atoms with Crippen molar-refractivity contribution in [3.63, 3.8) is 0 Å². The summed E-state index contributed by atoms with van der Waals surface area (Å²) in [7, 11) is 0. The standard InChI is InChI=1S/C5H8F2O3S/c6-5(7,4(9)10)11-3-1-2-8/h8H,1-3H2,(H,9,10). The van der Waals surface area contributed by atoms with Crippen LogP contribution in [0.3, 0.4) is 0 Å². The van der Waals surface area contributed by atoms with Gasteiger partial charge in [0.2, 0.25) is 0 Å². The maximum absolute atomic E-state index is 12.2. The summed E-state index contributed by atoms with van der Waals surface area (Å²) in [6, 6.07) is 0. The van der Waals surface area contributed by atoms with Gasteiger partial charge in [0.25, 0.3) is 0 Å². The smallest absolute Gasteiger partial charge is 0.388 e. The Hall–Kier alpha value is -0.360. The largest absolute Gasteiger partial charge is 0.476 e. The second-order valence-corrected chi connectivity index (χ2v) is 2.96. The number of hydrogen-bond donors (Lipinski definition) is 2. The number of carboxylic acid groups (broad SMARTS) is 1. The number of hydrogen-bond acceptors (Lipinski definition) is 3. The van der Waals surface area contributed by atoms with Crippen molar-refractivity contribution in [1.29, 1.82) is 0 Å². The summed E-state index contributed by atoms with van der Waals surface area (Å²) in [5.74, 6) is -2.20. The molecule has 0 aromatic carbocycles. The predicted molar refractivity (Wildman–Crippen MR) is 36.7 cm³/mol. The molecule has 0 atom stereocenters. The molecule has 2 N–H and O–H groups in total. The quantitative estimate of drug-likeness (QED) is 0.623. The molecular formula is C5H8F2O3S. The van der Waals surface area contributed by atoms with Crippen LogP contribution in [-0.2, 0) is 4.79 Å². The number of thioether (sulfide) groups is 1. The van der Waals surface area contributed by atoms with E-state index in [9.17, 15) is 13.6 Å². The fourth-order valence-corrected chi connectivity index (χ4v) is 0.980. The first kappa shape index (κ1) is 10.6. The lowest BCUT2D eigenvalue weighted by Crippen LogP contribution is -2.24. The lowest BCUT2D eigenvalue weighted by Gasteiger charge is -2.08. The van der Waals surface area contributed by atoms with Crippen molar-refractivity contribution in [2.45, 2.75) is 11.7 Å². The van der Waals surface area contributed by atoms with Crippen LogP contribution in [0.1, 0.15) is 6.42 Å². The van der Waals surface area contributed by atoms with Crippen LogP contribution < -0.4 is 0 Å². The predicted octanol–water partition coefficient (Wildman–Crippen LogP) is 0.779. The highest BCUT2D eigenvalue weighted by Crippen LogP contribution is 2.29. The molecule has 0 unspecified atom stereocenters. The van der Waals surface area contributed by atoms with Gasteiger partial charge in [-0.25, -0.2) is 4.79 Å². The van der Waals surface area contributed by atoms with Gasteiger partial charge >= 0.3 is 11.2 Å². The zero-order valence-electron chi connectivity index (χ0n) is 5.59. The minimum absolute atomic E-state index is 0.0185. The molecule has 0 aromatic heterocycles. The number of aliphatic hydroxyl groups is 1. The van der Waals surface area contributed by atoms with Crippen LogP contribution in [0.25, 0.3) is 0 Å².